The number of hydrogen-bond donors (Lipinski definition) is 2. The normalized spacial score (nSPS) is 13.4. The molecule has 0 amide bonds. The van der Waals surface area contributed by atoms with Crippen LogP contribution in [0.3, 0.4) is 0 Å². The van der Waals surface area contributed by atoms with Gasteiger partial charge in [0.15, 0.2) is 0 Å². The van der Waals surface area contributed by atoms with Crippen molar-refractivity contribution in [2.45, 2.75) is 13.0 Å². The molecule has 1 atom stereocenters. The SMILES string of the molecule is CCN(C[C@@H](O)CS(=O)(=O)O)c1ccccc1. The number of hydrogen-bond acceptors (Lipinski definition) is 4. The van der Waals surface area contributed by atoms with Gasteiger partial charge in [0.05, 0.1) is 6.10 Å². The van der Waals surface area contributed by atoms with Gasteiger partial charge in [-0.3, -0.25) is 4.55 Å². The molecule has 0 aromatic heterocycles. The fourth-order valence-corrected chi connectivity index (χ4v) is 2.20. The van der Waals surface area contributed by atoms with E-state index in [0.717, 1.165) is 5.69 Å². The van der Waals surface area contributed by atoms with Gasteiger partial charge in [-0.05, 0) is 19.1 Å². The van der Waals surface area contributed by atoms with Gasteiger partial charge in [-0.1, -0.05) is 18.2 Å². The second-order valence-corrected chi connectivity index (χ2v) is 5.27. The Morgan fingerprint density at radius 3 is 2.35 bits per heavy atom. The summed E-state index contributed by atoms with van der Waals surface area (Å²) in [6, 6.07) is 9.37. The van der Waals surface area contributed by atoms with Crippen molar-refractivity contribution in [3.63, 3.8) is 0 Å². The van der Waals surface area contributed by atoms with Gasteiger partial charge in [-0.2, -0.15) is 8.42 Å². The highest BCUT2D eigenvalue weighted by Crippen LogP contribution is 2.13. The standard InChI is InChI=1S/C11H17NO4S/c1-2-12(10-6-4-3-5-7-10)8-11(13)9-17(14,15)16/h3-7,11,13H,2,8-9H2,1H3,(H,14,15,16)/t11-/m1/s1. The summed E-state index contributed by atoms with van der Waals surface area (Å²) in [7, 11) is -4.14. The molecule has 96 valence electrons. The van der Waals surface area contributed by atoms with Gasteiger partial charge in [0.25, 0.3) is 10.1 Å². The van der Waals surface area contributed by atoms with E-state index in [1.807, 2.05) is 42.2 Å². The van der Waals surface area contributed by atoms with Gasteiger partial charge in [-0.15, -0.1) is 0 Å². The molecule has 1 rings (SSSR count). The van der Waals surface area contributed by atoms with Crippen molar-refractivity contribution in [3.05, 3.63) is 30.3 Å². The van der Waals surface area contributed by atoms with Gasteiger partial charge in [0, 0.05) is 18.8 Å². The minimum absolute atomic E-state index is 0.167. The van der Waals surface area contributed by atoms with E-state index in [4.69, 9.17) is 4.55 Å². The molecule has 0 unspecified atom stereocenters. The molecule has 0 saturated carbocycles. The Bertz CT molecular complexity index is 432. The minimum atomic E-state index is -4.14. The second-order valence-electron chi connectivity index (χ2n) is 3.78. The zero-order chi connectivity index (χ0) is 12.9. The van der Waals surface area contributed by atoms with Crippen LogP contribution in [0.15, 0.2) is 30.3 Å². The predicted molar refractivity (Wildman–Crippen MR) is 66.8 cm³/mol. The molecule has 0 radical (unpaired) electrons. The molecule has 1 aromatic carbocycles. The zero-order valence-corrected chi connectivity index (χ0v) is 10.5. The van der Waals surface area contributed by atoms with Gasteiger partial charge in [0.1, 0.15) is 5.75 Å². The molecule has 0 aliphatic heterocycles. The minimum Gasteiger partial charge on any atom is -0.390 e. The maximum Gasteiger partial charge on any atom is 0.267 e. The van der Waals surface area contributed by atoms with E-state index in [1.54, 1.807) is 0 Å². The average Bonchev–Trinajstić information content (AvgIpc) is 2.24. The number of aliphatic hydroxyl groups is 1. The molecule has 0 saturated heterocycles. The summed E-state index contributed by atoms with van der Waals surface area (Å²) in [5.74, 6) is -0.643. The smallest absolute Gasteiger partial charge is 0.267 e. The highest BCUT2D eigenvalue weighted by Gasteiger charge is 2.17. The third-order valence-corrected chi connectivity index (χ3v) is 3.14. The summed E-state index contributed by atoms with van der Waals surface area (Å²) >= 11 is 0. The molecular formula is C11H17NO4S. The van der Waals surface area contributed by atoms with Crippen molar-refractivity contribution < 1.29 is 18.1 Å². The van der Waals surface area contributed by atoms with E-state index < -0.39 is 22.0 Å². The largest absolute Gasteiger partial charge is 0.390 e. The highest BCUT2D eigenvalue weighted by molar-refractivity contribution is 7.85. The Balaban J connectivity index is 2.65. The van der Waals surface area contributed by atoms with Crippen molar-refractivity contribution in [2.75, 3.05) is 23.7 Å². The van der Waals surface area contributed by atoms with Crippen LogP contribution < -0.4 is 4.90 Å². The number of anilines is 1. The number of nitrogens with zero attached hydrogens (tertiary/aromatic N) is 1. The first-order valence-corrected chi connectivity index (χ1v) is 6.96. The highest BCUT2D eigenvalue weighted by atomic mass is 32.2. The average molecular weight is 259 g/mol. The maximum atomic E-state index is 10.6. The zero-order valence-electron chi connectivity index (χ0n) is 9.65. The Morgan fingerprint density at radius 2 is 1.88 bits per heavy atom. The number of benzene rings is 1. The van der Waals surface area contributed by atoms with E-state index in [0.29, 0.717) is 6.54 Å². The quantitative estimate of drug-likeness (QED) is 0.738. The maximum absolute atomic E-state index is 10.6. The number of para-hydroxylation sites is 1. The molecule has 0 aliphatic rings. The van der Waals surface area contributed by atoms with Crippen LogP contribution in [-0.2, 0) is 10.1 Å². The van der Waals surface area contributed by atoms with E-state index in [1.165, 1.54) is 0 Å². The lowest BCUT2D eigenvalue weighted by Gasteiger charge is -2.25. The van der Waals surface area contributed by atoms with E-state index in [2.05, 4.69) is 0 Å². The van der Waals surface area contributed by atoms with Crippen LogP contribution in [0.1, 0.15) is 6.92 Å². The van der Waals surface area contributed by atoms with Crippen LogP contribution >= 0.6 is 0 Å². The van der Waals surface area contributed by atoms with Crippen LogP contribution in [0.4, 0.5) is 5.69 Å². The van der Waals surface area contributed by atoms with Gasteiger partial charge in [0.2, 0.25) is 0 Å². The first kappa shape index (κ1) is 14.0. The third kappa shape index (κ3) is 5.16. The van der Waals surface area contributed by atoms with Crippen LogP contribution in [0, 0.1) is 0 Å². The molecule has 0 fully saturated rings. The van der Waals surface area contributed by atoms with Crippen molar-refractivity contribution in [1.82, 2.24) is 0 Å². The van der Waals surface area contributed by atoms with Crippen LogP contribution in [0.25, 0.3) is 0 Å². The van der Waals surface area contributed by atoms with Crippen LogP contribution in [0.5, 0.6) is 0 Å². The molecule has 0 bridgehead atoms. The molecular weight excluding hydrogens is 242 g/mol. The number of aliphatic hydroxyl groups excluding tert-OH is 1. The van der Waals surface area contributed by atoms with Gasteiger partial charge in [-0.25, -0.2) is 0 Å². The Morgan fingerprint density at radius 1 is 1.29 bits per heavy atom. The van der Waals surface area contributed by atoms with Crippen LogP contribution in [0.2, 0.25) is 0 Å². The summed E-state index contributed by atoms with van der Waals surface area (Å²) in [5, 5.41) is 9.57. The van der Waals surface area contributed by atoms with E-state index in [-0.39, 0.29) is 6.54 Å². The Labute approximate surface area is 101 Å². The number of likely N-dealkylation sites (N-methyl/N-ethyl adjacent to an activating group) is 1. The predicted octanol–water partition coefficient (Wildman–Crippen LogP) is 0.762. The van der Waals surface area contributed by atoms with Crippen molar-refractivity contribution >= 4 is 15.8 Å². The fraction of sp³-hybridized carbons (Fsp3) is 0.455. The van der Waals surface area contributed by atoms with Gasteiger partial charge < -0.3 is 10.0 Å². The molecule has 5 nitrogen and oxygen atoms in total. The van der Waals surface area contributed by atoms with Gasteiger partial charge >= 0.3 is 0 Å². The topological polar surface area (TPSA) is 77.8 Å². The first-order chi connectivity index (χ1) is 7.92. The molecule has 6 heteroatoms. The molecule has 2 N–H and O–H groups in total. The van der Waals surface area contributed by atoms with Crippen molar-refractivity contribution in [3.8, 4) is 0 Å². The van der Waals surface area contributed by atoms with Crippen molar-refractivity contribution in [1.29, 1.82) is 0 Å². The van der Waals surface area contributed by atoms with Crippen LogP contribution in [-0.4, -0.2) is 43.0 Å². The molecule has 0 aliphatic carbocycles. The Hall–Kier alpha value is -1.11. The summed E-state index contributed by atoms with van der Waals surface area (Å²) in [6.07, 6.45) is -1.11. The van der Waals surface area contributed by atoms with E-state index in [9.17, 15) is 13.5 Å². The van der Waals surface area contributed by atoms with Crippen molar-refractivity contribution in [2.24, 2.45) is 0 Å². The molecule has 17 heavy (non-hydrogen) atoms. The lowest BCUT2D eigenvalue weighted by molar-refractivity contribution is 0.200. The first-order valence-electron chi connectivity index (χ1n) is 5.35. The lowest BCUT2D eigenvalue weighted by atomic mass is 10.2. The third-order valence-electron chi connectivity index (χ3n) is 2.34. The summed E-state index contributed by atoms with van der Waals surface area (Å²) in [6.45, 7) is 2.72. The summed E-state index contributed by atoms with van der Waals surface area (Å²) < 4.78 is 29.9. The fourth-order valence-electron chi connectivity index (χ4n) is 1.61. The monoisotopic (exact) mass is 259 g/mol. The number of rotatable bonds is 6. The lowest BCUT2D eigenvalue weighted by Crippen LogP contribution is -2.36. The summed E-state index contributed by atoms with van der Waals surface area (Å²) in [5.41, 5.74) is 0.907. The molecule has 0 heterocycles. The van der Waals surface area contributed by atoms with E-state index >= 15 is 0 Å². The summed E-state index contributed by atoms with van der Waals surface area (Å²) in [4.78, 5) is 1.84. The molecule has 0 spiro atoms. The molecule has 1 aromatic rings. The Kier molecular flexibility index (Phi) is 4.92. The second kappa shape index (κ2) is 6.00.